The zero-order valence-electron chi connectivity index (χ0n) is 15.4. The third-order valence-corrected chi connectivity index (χ3v) is 5.04. The highest BCUT2D eigenvalue weighted by atomic mass is 19.2. The molecule has 0 bridgehead atoms. The van der Waals surface area contributed by atoms with Crippen molar-refractivity contribution >= 4 is 17.4 Å². The molecule has 4 rings (SSSR count). The number of morpholine rings is 1. The molecule has 0 spiro atoms. The van der Waals surface area contributed by atoms with E-state index in [2.05, 4.69) is 9.97 Å². The smallest absolute Gasteiger partial charge is 0.252 e. The van der Waals surface area contributed by atoms with Crippen LogP contribution in [0.4, 0.5) is 20.3 Å². The number of ether oxygens (including phenoxy) is 1. The molecule has 2 aliphatic rings. The summed E-state index contributed by atoms with van der Waals surface area (Å²) in [6.45, 7) is 4.14. The molecule has 7 nitrogen and oxygen atoms in total. The molecule has 0 saturated carbocycles. The fourth-order valence-electron chi connectivity index (χ4n) is 3.75. The summed E-state index contributed by atoms with van der Waals surface area (Å²) in [7, 11) is 0. The van der Waals surface area contributed by atoms with Crippen molar-refractivity contribution in [2.45, 2.75) is 25.8 Å². The largest absolute Gasteiger partial charge is 0.378 e. The Balaban J connectivity index is 1.58. The summed E-state index contributed by atoms with van der Waals surface area (Å²) >= 11 is 0. The Bertz CT molecular complexity index is 972. The van der Waals surface area contributed by atoms with Crippen molar-refractivity contribution in [1.29, 1.82) is 0 Å². The summed E-state index contributed by atoms with van der Waals surface area (Å²) in [5, 5.41) is 0. The number of amides is 1. The molecule has 2 aromatic rings. The first-order valence-corrected chi connectivity index (χ1v) is 9.15. The second-order valence-electron chi connectivity index (χ2n) is 7.04. The summed E-state index contributed by atoms with van der Waals surface area (Å²) in [6.07, 6.45) is 0.298. The van der Waals surface area contributed by atoms with Gasteiger partial charge in [0, 0.05) is 31.3 Å². The van der Waals surface area contributed by atoms with Gasteiger partial charge in [-0.3, -0.25) is 9.59 Å². The van der Waals surface area contributed by atoms with Crippen LogP contribution >= 0.6 is 0 Å². The SMILES string of the molecule is C[C@@H]1Cc2cc(F)c(F)cc2N1C(=O)Cc1nc(N2CCOCC2)cc(=O)[nH]1. The number of anilines is 2. The Hall–Kier alpha value is -2.81. The van der Waals surface area contributed by atoms with E-state index < -0.39 is 11.6 Å². The molecular formula is C19H20F2N4O3. The van der Waals surface area contributed by atoms with Crippen molar-refractivity contribution in [3.05, 3.63) is 51.6 Å². The van der Waals surface area contributed by atoms with Gasteiger partial charge in [-0.25, -0.2) is 13.8 Å². The van der Waals surface area contributed by atoms with E-state index >= 15 is 0 Å². The maximum absolute atomic E-state index is 13.7. The lowest BCUT2D eigenvalue weighted by Gasteiger charge is -2.28. The number of halogens is 2. The molecule has 1 N–H and O–H groups in total. The van der Waals surface area contributed by atoms with Crippen molar-refractivity contribution in [1.82, 2.24) is 9.97 Å². The van der Waals surface area contributed by atoms with Crippen LogP contribution in [0.2, 0.25) is 0 Å². The number of H-pyrrole nitrogens is 1. The van der Waals surface area contributed by atoms with Gasteiger partial charge in [-0.1, -0.05) is 0 Å². The van der Waals surface area contributed by atoms with Crippen molar-refractivity contribution in [2.24, 2.45) is 0 Å². The Labute approximate surface area is 159 Å². The highest BCUT2D eigenvalue weighted by Crippen LogP contribution is 2.34. The van der Waals surface area contributed by atoms with Crippen molar-refractivity contribution in [3.63, 3.8) is 0 Å². The van der Waals surface area contributed by atoms with Gasteiger partial charge < -0.3 is 19.5 Å². The number of hydrogen-bond acceptors (Lipinski definition) is 5. The topological polar surface area (TPSA) is 78.5 Å². The van der Waals surface area contributed by atoms with Crippen LogP contribution in [-0.4, -0.2) is 48.2 Å². The zero-order chi connectivity index (χ0) is 19.8. The normalized spacial score (nSPS) is 19.0. The summed E-state index contributed by atoms with van der Waals surface area (Å²) in [5.74, 6) is -1.52. The number of benzene rings is 1. The summed E-state index contributed by atoms with van der Waals surface area (Å²) in [5.41, 5.74) is 0.605. The number of carbonyl (C=O) groups is 1. The molecule has 1 aromatic heterocycles. The van der Waals surface area contributed by atoms with Gasteiger partial charge in [0.05, 0.1) is 25.3 Å². The van der Waals surface area contributed by atoms with E-state index in [-0.39, 0.29) is 29.8 Å². The lowest BCUT2D eigenvalue weighted by molar-refractivity contribution is -0.118. The maximum atomic E-state index is 13.7. The Morgan fingerprint density at radius 3 is 2.71 bits per heavy atom. The lowest BCUT2D eigenvalue weighted by Crippen LogP contribution is -2.39. The minimum absolute atomic E-state index is 0.143. The molecule has 28 heavy (non-hydrogen) atoms. The number of nitrogens with one attached hydrogen (secondary N) is 1. The zero-order valence-corrected chi connectivity index (χ0v) is 15.4. The van der Waals surface area contributed by atoms with E-state index in [9.17, 15) is 18.4 Å². The number of aromatic nitrogens is 2. The first-order chi connectivity index (χ1) is 13.4. The first kappa shape index (κ1) is 18.5. The van der Waals surface area contributed by atoms with Gasteiger partial charge in [0.25, 0.3) is 5.56 Å². The molecule has 3 heterocycles. The number of nitrogens with zero attached hydrogens (tertiary/aromatic N) is 3. The van der Waals surface area contributed by atoms with Gasteiger partial charge in [0.2, 0.25) is 5.91 Å². The van der Waals surface area contributed by atoms with E-state index in [1.165, 1.54) is 11.0 Å². The maximum Gasteiger partial charge on any atom is 0.252 e. The van der Waals surface area contributed by atoms with Gasteiger partial charge in [0.15, 0.2) is 11.6 Å². The fourth-order valence-corrected chi connectivity index (χ4v) is 3.75. The van der Waals surface area contributed by atoms with E-state index in [1.54, 1.807) is 0 Å². The van der Waals surface area contributed by atoms with Crippen LogP contribution < -0.4 is 15.4 Å². The minimum atomic E-state index is -0.994. The first-order valence-electron chi connectivity index (χ1n) is 9.15. The molecule has 1 fully saturated rings. The molecule has 2 aliphatic heterocycles. The van der Waals surface area contributed by atoms with Crippen molar-refractivity contribution < 1.29 is 18.3 Å². The van der Waals surface area contributed by atoms with Gasteiger partial charge in [-0.2, -0.15) is 0 Å². The second-order valence-corrected chi connectivity index (χ2v) is 7.04. The third-order valence-electron chi connectivity index (χ3n) is 5.04. The number of carbonyl (C=O) groups excluding carboxylic acids is 1. The highest BCUT2D eigenvalue weighted by Gasteiger charge is 2.32. The number of rotatable bonds is 3. The lowest BCUT2D eigenvalue weighted by atomic mass is 10.1. The predicted octanol–water partition coefficient (Wildman–Crippen LogP) is 1.40. The predicted molar refractivity (Wildman–Crippen MR) is 98.6 cm³/mol. The quantitative estimate of drug-likeness (QED) is 0.857. The van der Waals surface area contributed by atoms with Crippen LogP contribution in [0, 0.1) is 11.6 Å². The number of hydrogen-bond donors (Lipinski definition) is 1. The third kappa shape index (κ3) is 3.49. The number of fused-ring (bicyclic) bond motifs is 1. The van der Waals surface area contributed by atoms with E-state index in [0.717, 1.165) is 12.1 Å². The van der Waals surface area contributed by atoms with Crippen molar-refractivity contribution in [2.75, 3.05) is 36.1 Å². The van der Waals surface area contributed by atoms with Gasteiger partial charge >= 0.3 is 0 Å². The summed E-state index contributed by atoms with van der Waals surface area (Å²) in [6, 6.07) is 3.34. The molecule has 1 saturated heterocycles. The fraction of sp³-hybridized carbons (Fsp3) is 0.421. The Kier molecular flexibility index (Phi) is 4.84. The molecule has 1 atom stereocenters. The van der Waals surface area contributed by atoms with E-state index in [0.29, 0.717) is 49.8 Å². The molecule has 1 aromatic carbocycles. The van der Waals surface area contributed by atoms with Gasteiger partial charge in [-0.05, 0) is 25.0 Å². The molecular weight excluding hydrogens is 370 g/mol. The van der Waals surface area contributed by atoms with Crippen LogP contribution in [0.3, 0.4) is 0 Å². The average molecular weight is 390 g/mol. The molecule has 1 amide bonds. The van der Waals surface area contributed by atoms with Gasteiger partial charge in [0.1, 0.15) is 11.6 Å². The van der Waals surface area contributed by atoms with Crippen LogP contribution in [0.25, 0.3) is 0 Å². The van der Waals surface area contributed by atoms with E-state index in [1.807, 2.05) is 11.8 Å². The standard InChI is InChI=1S/C19H20F2N4O3/c1-11-6-12-7-13(20)14(21)8-15(12)25(11)19(27)9-16-22-17(10-18(26)23-16)24-2-4-28-5-3-24/h7-8,10-11H,2-6,9H2,1H3,(H,22,23,26)/t11-/m1/s1. The van der Waals surface area contributed by atoms with Crippen molar-refractivity contribution in [3.8, 4) is 0 Å². The number of aromatic amines is 1. The molecule has 9 heteroatoms. The highest BCUT2D eigenvalue weighted by molar-refractivity contribution is 5.97. The Morgan fingerprint density at radius 1 is 1.25 bits per heavy atom. The minimum Gasteiger partial charge on any atom is -0.378 e. The van der Waals surface area contributed by atoms with Crippen LogP contribution in [0.15, 0.2) is 23.0 Å². The van der Waals surface area contributed by atoms with E-state index in [4.69, 9.17) is 4.74 Å². The molecule has 0 radical (unpaired) electrons. The monoisotopic (exact) mass is 390 g/mol. The summed E-state index contributed by atoms with van der Waals surface area (Å²) < 4.78 is 32.5. The second kappa shape index (κ2) is 7.31. The van der Waals surface area contributed by atoms with Crippen LogP contribution in [-0.2, 0) is 22.4 Å². The van der Waals surface area contributed by atoms with Crippen LogP contribution in [0.5, 0.6) is 0 Å². The molecule has 0 aliphatic carbocycles. The Morgan fingerprint density at radius 2 is 1.96 bits per heavy atom. The average Bonchev–Trinajstić information content (AvgIpc) is 2.97. The molecule has 0 unspecified atom stereocenters. The van der Waals surface area contributed by atoms with Crippen LogP contribution in [0.1, 0.15) is 18.3 Å². The van der Waals surface area contributed by atoms with Gasteiger partial charge in [-0.15, -0.1) is 0 Å². The molecule has 148 valence electrons. The summed E-state index contributed by atoms with van der Waals surface area (Å²) in [4.78, 5) is 35.3.